The maximum Gasteiger partial charge on any atom is 0.266 e. The van der Waals surface area contributed by atoms with Crippen molar-refractivity contribution in [2.45, 2.75) is 75.9 Å². The van der Waals surface area contributed by atoms with E-state index >= 15 is 0 Å². The van der Waals surface area contributed by atoms with Gasteiger partial charge in [0, 0.05) is 28.6 Å². The number of halogens is 2. The Hall–Kier alpha value is -2.56. The van der Waals surface area contributed by atoms with E-state index in [1.54, 1.807) is 12.1 Å². The van der Waals surface area contributed by atoms with Crippen LogP contribution >= 0.6 is 27.9 Å². The summed E-state index contributed by atoms with van der Waals surface area (Å²) in [4.78, 5) is 26.0. The van der Waals surface area contributed by atoms with Crippen LogP contribution in [0.1, 0.15) is 81.7 Å². The van der Waals surface area contributed by atoms with Crippen molar-refractivity contribution in [1.29, 1.82) is 0 Å². The predicted molar refractivity (Wildman–Crippen MR) is 158 cm³/mol. The van der Waals surface area contributed by atoms with Crippen LogP contribution in [0.4, 0.5) is 10.2 Å². The van der Waals surface area contributed by atoms with E-state index in [1.165, 1.54) is 6.07 Å². The molecule has 1 amide bonds. The smallest absolute Gasteiger partial charge is 0.266 e. The van der Waals surface area contributed by atoms with Gasteiger partial charge in [0.1, 0.15) is 15.4 Å². The molecule has 0 radical (unpaired) electrons. The molecule has 1 fully saturated rings. The number of nitrogens with one attached hydrogen (secondary N) is 3. The zero-order valence-electron chi connectivity index (χ0n) is 23.0. The lowest BCUT2D eigenvalue weighted by molar-refractivity contribution is 0.0979. The van der Waals surface area contributed by atoms with Crippen LogP contribution in [-0.2, 0) is 5.41 Å². The largest absolute Gasteiger partial charge is 0.362 e. The van der Waals surface area contributed by atoms with Gasteiger partial charge in [0.15, 0.2) is 0 Å². The molecule has 3 N–H and O–H groups in total. The zero-order chi connectivity index (χ0) is 28.2. The molecule has 7 nitrogen and oxygen atoms in total. The van der Waals surface area contributed by atoms with Gasteiger partial charge in [-0.05, 0) is 97.9 Å². The molecule has 0 spiro atoms. The molecule has 0 aromatic carbocycles. The number of carbonyl (C=O) groups excluding carboxylic acids is 1. The Labute approximate surface area is 242 Å². The predicted octanol–water partition coefficient (Wildman–Crippen LogP) is 6.83. The van der Waals surface area contributed by atoms with Crippen LogP contribution in [-0.4, -0.2) is 32.9 Å². The average molecular weight is 616 g/mol. The Morgan fingerprint density at radius 3 is 2.59 bits per heavy atom. The molecule has 2 atom stereocenters. The SMILES string of the molecule is CC1(C)CC(CCC(Nc2cccc(SNC(=O)c3ccc(C(C)(C)C)nc3F)n2)c2cccc(Br)n2)CN1. The molecule has 208 valence electrons. The first kappa shape index (κ1) is 29.4. The van der Waals surface area contributed by atoms with Gasteiger partial charge in [0.05, 0.1) is 17.3 Å². The summed E-state index contributed by atoms with van der Waals surface area (Å²) < 4.78 is 18.0. The van der Waals surface area contributed by atoms with Crippen LogP contribution in [0.15, 0.2) is 58.2 Å². The molecule has 2 unspecified atom stereocenters. The minimum Gasteiger partial charge on any atom is -0.362 e. The van der Waals surface area contributed by atoms with Crippen molar-refractivity contribution in [3.8, 4) is 0 Å². The van der Waals surface area contributed by atoms with E-state index in [4.69, 9.17) is 4.98 Å². The molecular formula is C29H36BrFN6OS. The van der Waals surface area contributed by atoms with Crippen LogP contribution in [0.25, 0.3) is 0 Å². The van der Waals surface area contributed by atoms with Gasteiger partial charge in [-0.1, -0.05) is 32.9 Å². The fourth-order valence-corrected chi connectivity index (χ4v) is 5.67. The van der Waals surface area contributed by atoms with E-state index in [0.717, 1.165) is 48.1 Å². The zero-order valence-corrected chi connectivity index (χ0v) is 25.4. The van der Waals surface area contributed by atoms with Gasteiger partial charge in [-0.25, -0.2) is 15.0 Å². The first-order chi connectivity index (χ1) is 18.4. The van der Waals surface area contributed by atoms with Gasteiger partial charge < -0.3 is 10.6 Å². The quantitative estimate of drug-likeness (QED) is 0.180. The van der Waals surface area contributed by atoms with Crippen molar-refractivity contribution in [1.82, 2.24) is 25.0 Å². The highest BCUT2D eigenvalue weighted by Crippen LogP contribution is 2.31. The summed E-state index contributed by atoms with van der Waals surface area (Å²) >= 11 is 4.53. The Bertz CT molecular complexity index is 1310. The van der Waals surface area contributed by atoms with E-state index in [2.05, 4.69) is 55.1 Å². The van der Waals surface area contributed by atoms with E-state index in [-0.39, 0.29) is 22.6 Å². The molecule has 10 heteroatoms. The Morgan fingerprint density at radius 1 is 1.15 bits per heavy atom. The topological polar surface area (TPSA) is 91.8 Å². The molecule has 4 heterocycles. The number of pyridine rings is 3. The number of rotatable bonds is 9. The van der Waals surface area contributed by atoms with Crippen molar-refractivity contribution in [3.05, 3.63) is 76.0 Å². The Balaban J connectivity index is 1.42. The van der Waals surface area contributed by atoms with Gasteiger partial charge in [0.25, 0.3) is 5.91 Å². The summed E-state index contributed by atoms with van der Waals surface area (Å²) in [6, 6.07) is 14.6. The molecule has 1 saturated heterocycles. The van der Waals surface area contributed by atoms with E-state index in [1.807, 2.05) is 51.1 Å². The molecule has 3 aromatic heterocycles. The summed E-state index contributed by atoms with van der Waals surface area (Å²) in [7, 11) is 0. The highest BCUT2D eigenvalue weighted by atomic mass is 79.9. The summed E-state index contributed by atoms with van der Waals surface area (Å²) in [6.45, 7) is 11.3. The second-order valence-corrected chi connectivity index (χ2v) is 13.3. The molecule has 0 saturated carbocycles. The molecule has 3 aromatic rings. The van der Waals surface area contributed by atoms with Crippen molar-refractivity contribution in [2.75, 3.05) is 11.9 Å². The fourth-order valence-electron chi connectivity index (χ4n) is 4.71. The fraction of sp³-hybridized carbons (Fsp3) is 0.448. The lowest BCUT2D eigenvalue weighted by atomic mass is 9.91. The van der Waals surface area contributed by atoms with Crippen LogP contribution in [0, 0.1) is 11.9 Å². The minimum absolute atomic E-state index is 0.0324. The van der Waals surface area contributed by atoms with Crippen molar-refractivity contribution >= 4 is 39.6 Å². The number of hydrogen-bond donors (Lipinski definition) is 3. The molecule has 39 heavy (non-hydrogen) atoms. The highest BCUT2D eigenvalue weighted by Gasteiger charge is 2.30. The third-order valence-electron chi connectivity index (χ3n) is 6.78. The lowest BCUT2D eigenvalue weighted by Gasteiger charge is -2.22. The summed E-state index contributed by atoms with van der Waals surface area (Å²) in [5.74, 6) is -0.0637. The third kappa shape index (κ3) is 8.22. The van der Waals surface area contributed by atoms with Gasteiger partial charge in [-0.2, -0.15) is 4.39 Å². The normalized spacial score (nSPS) is 17.6. The maximum atomic E-state index is 14.6. The van der Waals surface area contributed by atoms with Crippen molar-refractivity contribution in [2.24, 2.45) is 5.92 Å². The van der Waals surface area contributed by atoms with Crippen molar-refractivity contribution < 1.29 is 9.18 Å². The van der Waals surface area contributed by atoms with Crippen molar-refractivity contribution in [3.63, 3.8) is 0 Å². The van der Waals surface area contributed by atoms with Gasteiger partial charge >= 0.3 is 0 Å². The van der Waals surface area contributed by atoms with Gasteiger partial charge in [-0.3, -0.25) is 9.52 Å². The standard InChI is InChI=1S/C29H36BrFN6OS/c1-28(2,3)22-15-13-19(26(31)35-22)27(38)37-39-25-11-7-10-24(36-25)34-21(20-8-6-9-23(30)33-20)14-12-18-16-29(4,5)32-17-18/h6-11,13,15,18,21,32H,12,14,16-17H2,1-5H3,(H,34,36)(H,37,38). The first-order valence-electron chi connectivity index (χ1n) is 13.1. The number of aromatic nitrogens is 3. The second-order valence-electron chi connectivity index (χ2n) is 11.7. The van der Waals surface area contributed by atoms with Crippen LogP contribution in [0.5, 0.6) is 0 Å². The molecule has 0 bridgehead atoms. The monoisotopic (exact) mass is 614 g/mol. The Kier molecular flexibility index (Phi) is 9.29. The number of nitrogens with zero attached hydrogens (tertiary/aromatic N) is 3. The number of hydrogen-bond acceptors (Lipinski definition) is 7. The van der Waals surface area contributed by atoms with E-state index < -0.39 is 11.9 Å². The molecule has 0 aliphatic carbocycles. The molecule has 4 rings (SSSR count). The summed E-state index contributed by atoms with van der Waals surface area (Å²) in [5.41, 5.74) is 1.29. The summed E-state index contributed by atoms with van der Waals surface area (Å²) in [6.07, 6.45) is 3.10. The van der Waals surface area contributed by atoms with Gasteiger partial charge in [-0.15, -0.1) is 0 Å². The Morgan fingerprint density at radius 2 is 1.92 bits per heavy atom. The van der Waals surface area contributed by atoms with Crippen LogP contribution in [0.2, 0.25) is 0 Å². The van der Waals surface area contributed by atoms with E-state index in [9.17, 15) is 9.18 Å². The average Bonchev–Trinajstić information content (AvgIpc) is 3.23. The molecule has 1 aliphatic rings. The first-order valence-corrected chi connectivity index (χ1v) is 14.8. The maximum absolute atomic E-state index is 14.6. The highest BCUT2D eigenvalue weighted by molar-refractivity contribution is 9.10. The van der Waals surface area contributed by atoms with E-state index in [0.29, 0.717) is 22.5 Å². The summed E-state index contributed by atoms with van der Waals surface area (Å²) in [5, 5.41) is 7.73. The third-order valence-corrected chi connectivity index (χ3v) is 7.95. The van der Waals surface area contributed by atoms with Crippen LogP contribution in [0.3, 0.4) is 0 Å². The number of carbonyl (C=O) groups is 1. The van der Waals surface area contributed by atoms with Gasteiger partial charge in [0.2, 0.25) is 5.95 Å². The lowest BCUT2D eigenvalue weighted by Crippen LogP contribution is -2.31. The second kappa shape index (κ2) is 12.3. The minimum atomic E-state index is -0.783. The molecular weight excluding hydrogens is 579 g/mol. The molecule has 1 aliphatic heterocycles. The number of amides is 1. The van der Waals surface area contributed by atoms with Crippen LogP contribution < -0.4 is 15.4 Å². The number of anilines is 1.